The first-order chi connectivity index (χ1) is 7.53. The van der Waals surface area contributed by atoms with Crippen LogP contribution in [0.3, 0.4) is 0 Å². The summed E-state index contributed by atoms with van der Waals surface area (Å²) in [5, 5.41) is 8.85. The Labute approximate surface area is 93.2 Å². The highest BCUT2D eigenvalue weighted by Gasteiger charge is 2.28. The molecule has 0 radical (unpaired) electrons. The Morgan fingerprint density at radius 2 is 2.12 bits per heavy atom. The van der Waals surface area contributed by atoms with E-state index in [2.05, 4.69) is 4.72 Å². The lowest BCUT2D eigenvalue weighted by atomic mass is 10.2. The highest BCUT2D eigenvalue weighted by Crippen LogP contribution is 2.23. The highest BCUT2D eigenvalue weighted by molar-refractivity contribution is 7.89. The summed E-state index contributed by atoms with van der Waals surface area (Å²) in [5.41, 5.74) is -0.0151. The number of benzene rings is 1. The van der Waals surface area contributed by atoms with Crippen LogP contribution in [0.5, 0.6) is 0 Å². The maximum atomic E-state index is 13.1. The summed E-state index contributed by atoms with van der Waals surface area (Å²) in [5.74, 6) is -0.604. The van der Waals surface area contributed by atoms with Gasteiger partial charge in [0.2, 0.25) is 10.0 Å². The second-order valence-electron chi connectivity index (χ2n) is 3.81. The zero-order valence-electron chi connectivity index (χ0n) is 8.48. The molecule has 2 N–H and O–H groups in total. The van der Waals surface area contributed by atoms with Crippen LogP contribution < -0.4 is 4.72 Å². The minimum absolute atomic E-state index is 0.00706. The van der Waals surface area contributed by atoms with E-state index in [1.807, 2.05) is 0 Å². The number of sulfonamides is 1. The Kier molecular flexibility index (Phi) is 2.96. The number of nitrogens with one attached hydrogen (secondary N) is 1. The molecule has 88 valence electrons. The lowest BCUT2D eigenvalue weighted by Gasteiger charge is -2.07. The van der Waals surface area contributed by atoms with Gasteiger partial charge in [-0.25, -0.2) is 17.5 Å². The molecular weight excluding hydrogens is 233 g/mol. The molecule has 0 aliphatic heterocycles. The van der Waals surface area contributed by atoms with Crippen LogP contribution in [0.2, 0.25) is 0 Å². The Hall–Kier alpha value is -0.980. The van der Waals surface area contributed by atoms with Crippen molar-refractivity contribution in [2.24, 2.45) is 0 Å². The standard InChI is InChI=1S/C10H12FNO3S/c11-10-4-3-9(5-7(10)6-13)16(14,15)12-8-1-2-8/h3-5,8,12-13H,1-2,6H2. The average Bonchev–Trinajstić information content (AvgIpc) is 3.01. The van der Waals surface area contributed by atoms with Gasteiger partial charge in [-0.3, -0.25) is 0 Å². The zero-order chi connectivity index (χ0) is 11.8. The van der Waals surface area contributed by atoms with Crippen molar-refractivity contribution in [3.8, 4) is 0 Å². The Morgan fingerprint density at radius 1 is 1.44 bits per heavy atom. The van der Waals surface area contributed by atoms with Crippen LogP contribution in [0.25, 0.3) is 0 Å². The van der Waals surface area contributed by atoms with Crippen molar-refractivity contribution < 1.29 is 17.9 Å². The maximum absolute atomic E-state index is 13.1. The van der Waals surface area contributed by atoms with Crippen molar-refractivity contribution in [1.29, 1.82) is 0 Å². The predicted molar refractivity (Wildman–Crippen MR) is 55.7 cm³/mol. The first-order valence-corrected chi connectivity index (χ1v) is 6.43. The minimum Gasteiger partial charge on any atom is -0.392 e. The molecule has 0 unspecified atom stereocenters. The lowest BCUT2D eigenvalue weighted by Crippen LogP contribution is -2.25. The maximum Gasteiger partial charge on any atom is 0.240 e. The van der Waals surface area contributed by atoms with E-state index in [0.717, 1.165) is 25.0 Å². The van der Waals surface area contributed by atoms with Crippen molar-refractivity contribution >= 4 is 10.0 Å². The second-order valence-corrected chi connectivity index (χ2v) is 5.52. The topological polar surface area (TPSA) is 66.4 Å². The predicted octanol–water partition coefficient (Wildman–Crippen LogP) is 0.759. The molecule has 1 saturated carbocycles. The van der Waals surface area contributed by atoms with Gasteiger partial charge >= 0.3 is 0 Å². The third-order valence-electron chi connectivity index (χ3n) is 2.40. The zero-order valence-corrected chi connectivity index (χ0v) is 9.30. The van der Waals surface area contributed by atoms with Crippen molar-refractivity contribution in [3.63, 3.8) is 0 Å². The molecule has 0 saturated heterocycles. The van der Waals surface area contributed by atoms with Gasteiger partial charge in [-0.2, -0.15) is 0 Å². The van der Waals surface area contributed by atoms with Crippen molar-refractivity contribution in [3.05, 3.63) is 29.6 Å². The van der Waals surface area contributed by atoms with E-state index in [9.17, 15) is 12.8 Å². The van der Waals surface area contributed by atoms with Gasteiger partial charge in [-0.15, -0.1) is 0 Å². The second kappa shape index (κ2) is 4.12. The third-order valence-corrected chi connectivity index (χ3v) is 3.92. The summed E-state index contributed by atoms with van der Waals surface area (Å²) in [7, 11) is -3.57. The molecule has 1 aromatic carbocycles. The van der Waals surface area contributed by atoms with Crippen LogP contribution >= 0.6 is 0 Å². The van der Waals surface area contributed by atoms with Crippen molar-refractivity contribution in [2.45, 2.75) is 30.4 Å². The average molecular weight is 245 g/mol. The van der Waals surface area contributed by atoms with Crippen LogP contribution in [0.1, 0.15) is 18.4 Å². The number of rotatable bonds is 4. The minimum atomic E-state index is -3.57. The molecule has 1 fully saturated rings. The number of hydrogen-bond acceptors (Lipinski definition) is 3. The first-order valence-electron chi connectivity index (χ1n) is 4.94. The normalized spacial score (nSPS) is 16.4. The molecule has 1 aliphatic rings. The fraction of sp³-hybridized carbons (Fsp3) is 0.400. The van der Waals surface area contributed by atoms with E-state index >= 15 is 0 Å². The van der Waals surface area contributed by atoms with E-state index in [-0.39, 0.29) is 16.5 Å². The van der Waals surface area contributed by atoms with E-state index in [0.29, 0.717) is 0 Å². The fourth-order valence-electron chi connectivity index (χ4n) is 1.33. The van der Waals surface area contributed by atoms with Gasteiger partial charge < -0.3 is 5.11 Å². The van der Waals surface area contributed by atoms with Crippen molar-refractivity contribution in [2.75, 3.05) is 0 Å². The first kappa shape index (κ1) is 11.5. The SMILES string of the molecule is O=S(=O)(NC1CC1)c1ccc(F)c(CO)c1. The smallest absolute Gasteiger partial charge is 0.240 e. The number of aliphatic hydroxyl groups excluding tert-OH is 1. The Morgan fingerprint density at radius 3 is 2.69 bits per heavy atom. The molecule has 1 aliphatic carbocycles. The summed E-state index contributed by atoms with van der Waals surface area (Å²) in [6.45, 7) is -0.515. The molecule has 4 nitrogen and oxygen atoms in total. The van der Waals surface area contributed by atoms with Gasteiger partial charge in [0.25, 0.3) is 0 Å². The fourth-order valence-corrected chi connectivity index (χ4v) is 2.68. The van der Waals surface area contributed by atoms with E-state index in [1.54, 1.807) is 0 Å². The summed E-state index contributed by atoms with van der Waals surface area (Å²) < 4.78 is 39.0. The molecule has 6 heteroatoms. The van der Waals surface area contributed by atoms with Gasteiger partial charge in [0.1, 0.15) is 5.82 Å². The number of halogens is 1. The molecule has 0 bridgehead atoms. The van der Waals surface area contributed by atoms with E-state index < -0.39 is 22.4 Å². The Bertz CT molecular complexity index is 497. The summed E-state index contributed by atoms with van der Waals surface area (Å²) in [6, 6.07) is 3.40. The van der Waals surface area contributed by atoms with E-state index in [4.69, 9.17) is 5.11 Å². The van der Waals surface area contributed by atoms with Crippen LogP contribution in [0, 0.1) is 5.82 Å². The van der Waals surface area contributed by atoms with Gasteiger partial charge in [0.05, 0.1) is 11.5 Å². The summed E-state index contributed by atoms with van der Waals surface area (Å²) in [4.78, 5) is -0.00940. The summed E-state index contributed by atoms with van der Waals surface area (Å²) in [6.07, 6.45) is 1.68. The van der Waals surface area contributed by atoms with Crippen LogP contribution in [0.15, 0.2) is 23.1 Å². The number of aliphatic hydroxyl groups is 1. The lowest BCUT2D eigenvalue weighted by molar-refractivity contribution is 0.275. The van der Waals surface area contributed by atoms with Gasteiger partial charge in [0, 0.05) is 11.6 Å². The molecule has 0 heterocycles. The van der Waals surface area contributed by atoms with Crippen LogP contribution in [0.4, 0.5) is 4.39 Å². The highest BCUT2D eigenvalue weighted by atomic mass is 32.2. The van der Waals surface area contributed by atoms with Gasteiger partial charge in [-0.1, -0.05) is 0 Å². The number of hydrogen-bond donors (Lipinski definition) is 2. The molecule has 16 heavy (non-hydrogen) atoms. The largest absolute Gasteiger partial charge is 0.392 e. The van der Waals surface area contributed by atoms with Crippen molar-refractivity contribution in [1.82, 2.24) is 4.72 Å². The third kappa shape index (κ3) is 2.40. The summed E-state index contributed by atoms with van der Waals surface area (Å²) >= 11 is 0. The molecular formula is C10H12FNO3S. The molecule has 0 aromatic heterocycles. The molecule has 0 spiro atoms. The van der Waals surface area contributed by atoms with Gasteiger partial charge in [0.15, 0.2) is 0 Å². The molecule has 0 amide bonds. The quantitative estimate of drug-likeness (QED) is 0.823. The Balaban J connectivity index is 2.31. The molecule has 1 aromatic rings. The van der Waals surface area contributed by atoms with Crippen LogP contribution in [-0.2, 0) is 16.6 Å². The molecule has 2 rings (SSSR count). The van der Waals surface area contributed by atoms with Gasteiger partial charge in [-0.05, 0) is 31.0 Å². The monoisotopic (exact) mass is 245 g/mol. The molecule has 0 atom stereocenters. The van der Waals surface area contributed by atoms with Crippen LogP contribution in [-0.4, -0.2) is 19.6 Å². The van der Waals surface area contributed by atoms with E-state index in [1.165, 1.54) is 6.07 Å².